The number of ether oxygens (including phenoxy) is 1. The van der Waals surface area contributed by atoms with Gasteiger partial charge in [0, 0.05) is 37.6 Å². The SMILES string of the molecule is Cc1cc(C(=O)Cc2cccnc2)c(OCc2ccccc2)cc1-c1cnn(C)c1. The Balaban J connectivity index is 1.69. The Bertz CT molecular complexity index is 1150. The first-order valence-corrected chi connectivity index (χ1v) is 9.82. The van der Waals surface area contributed by atoms with Crippen LogP contribution in [0, 0.1) is 6.92 Å². The fourth-order valence-electron chi connectivity index (χ4n) is 3.42. The van der Waals surface area contributed by atoms with E-state index in [-0.39, 0.29) is 12.2 Å². The second-order valence-electron chi connectivity index (χ2n) is 7.30. The van der Waals surface area contributed by atoms with Crippen molar-refractivity contribution >= 4 is 5.78 Å². The molecule has 0 aliphatic carbocycles. The molecule has 0 aliphatic heterocycles. The van der Waals surface area contributed by atoms with E-state index in [9.17, 15) is 4.79 Å². The van der Waals surface area contributed by atoms with Crippen LogP contribution < -0.4 is 4.74 Å². The number of nitrogens with zero attached hydrogens (tertiary/aromatic N) is 3. The van der Waals surface area contributed by atoms with Crippen molar-refractivity contribution in [2.75, 3.05) is 0 Å². The van der Waals surface area contributed by atoms with Crippen molar-refractivity contribution in [2.45, 2.75) is 20.0 Å². The molecular weight excluding hydrogens is 374 g/mol. The van der Waals surface area contributed by atoms with Crippen molar-refractivity contribution in [3.8, 4) is 16.9 Å². The number of carbonyl (C=O) groups is 1. The van der Waals surface area contributed by atoms with E-state index in [0.717, 1.165) is 27.8 Å². The third kappa shape index (κ3) is 4.46. The number of hydrogen-bond acceptors (Lipinski definition) is 4. The monoisotopic (exact) mass is 397 g/mol. The summed E-state index contributed by atoms with van der Waals surface area (Å²) < 4.78 is 7.91. The maximum absolute atomic E-state index is 13.1. The lowest BCUT2D eigenvalue weighted by atomic mass is 9.96. The number of carbonyl (C=O) groups excluding carboxylic acids is 1. The van der Waals surface area contributed by atoms with E-state index in [1.165, 1.54) is 0 Å². The van der Waals surface area contributed by atoms with Crippen LogP contribution in [0.3, 0.4) is 0 Å². The van der Waals surface area contributed by atoms with Crippen LogP contribution in [0.25, 0.3) is 11.1 Å². The number of pyridine rings is 1. The maximum Gasteiger partial charge on any atom is 0.171 e. The molecule has 2 heterocycles. The fraction of sp³-hybridized carbons (Fsp3) is 0.160. The molecule has 0 radical (unpaired) electrons. The number of aromatic nitrogens is 3. The van der Waals surface area contributed by atoms with Crippen LogP contribution in [0.4, 0.5) is 0 Å². The summed E-state index contributed by atoms with van der Waals surface area (Å²) >= 11 is 0. The molecular formula is C25H23N3O2. The maximum atomic E-state index is 13.1. The van der Waals surface area contributed by atoms with Gasteiger partial charge in [-0.3, -0.25) is 14.5 Å². The first kappa shape index (κ1) is 19.6. The summed E-state index contributed by atoms with van der Waals surface area (Å²) in [5, 5.41) is 4.27. The van der Waals surface area contributed by atoms with Gasteiger partial charge in [0.1, 0.15) is 12.4 Å². The van der Waals surface area contributed by atoms with Crippen molar-refractivity contribution in [1.82, 2.24) is 14.8 Å². The molecule has 0 fully saturated rings. The lowest BCUT2D eigenvalue weighted by Crippen LogP contribution is -2.08. The predicted octanol–water partition coefficient (Wildman–Crippen LogP) is 4.79. The topological polar surface area (TPSA) is 57.0 Å². The van der Waals surface area contributed by atoms with Crippen LogP contribution in [-0.2, 0) is 20.1 Å². The molecule has 0 saturated heterocycles. The lowest BCUT2D eigenvalue weighted by Gasteiger charge is -2.15. The standard InChI is InChI=1S/C25H23N3O2/c1-18-11-23(24(29)12-20-9-6-10-26-14-20)25(30-17-19-7-4-3-5-8-19)13-22(18)21-15-27-28(2)16-21/h3-11,13-16H,12,17H2,1-2H3. The molecule has 0 amide bonds. The van der Waals surface area contributed by atoms with Gasteiger partial charge < -0.3 is 4.74 Å². The van der Waals surface area contributed by atoms with Crippen LogP contribution in [-0.4, -0.2) is 20.5 Å². The van der Waals surface area contributed by atoms with E-state index in [2.05, 4.69) is 10.1 Å². The van der Waals surface area contributed by atoms with Crippen molar-refractivity contribution < 1.29 is 9.53 Å². The highest BCUT2D eigenvalue weighted by molar-refractivity contribution is 6.01. The van der Waals surface area contributed by atoms with Gasteiger partial charge in [-0.2, -0.15) is 5.10 Å². The Morgan fingerprint density at radius 1 is 1.03 bits per heavy atom. The molecule has 0 saturated carbocycles. The van der Waals surface area contributed by atoms with Gasteiger partial charge in [0.25, 0.3) is 0 Å². The van der Waals surface area contributed by atoms with E-state index in [1.807, 2.05) is 81.0 Å². The van der Waals surface area contributed by atoms with Gasteiger partial charge in [-0.25, -0.2) is 0 Å². The molecule has 0 aliphatic rings. The first-order chi connectivity index (χ1) is 14.6. The predicted molar refractivity (Wildman–Crippen MR) is 116 cm³/mol. The molecule has 0 bridgehead atoms. The average Bonchev–Trinajstić information content (AvgIpc) is 3.20. The van der Waals surface area contributed by atoms with Crippen LogP contribution >= 0.6 is 0 Å². The highest BCUT2D eigenvalue weighted by Crippen LogP contribution is 2.32. The summed E-state index contributed by atoms with van der Waals surface area (Å²) in [5.41, 5.74) is 5.51. The third-order valence-corrected chi connectivity index (χ3v) is 4.97. The summed E-state index contributed by atoms with van der Waals surface area (Å²) in [6, 6.07) is 17.6. The second kappa shape index (κ2) is 8.74. The van der Waals surface area contributed by atoms with Crippen LogP contribution in [0.1, 0.15) is 27.0 Å². The van der Waals surface area contributed by atoms with Crippen LogP contribution in [0.2, 0.25) is 0 Å². The van der Waals surface area contributed by atoms with Gasteiger partial charge in [-0.1, -0.05) is 36.4 Å². The van der Waals surface area contributed by atoms with Crippen molar-refractivity contribution in [1.29, 1.82) is 0 Å². The van der Waals surface area contributed by atoms with E-state index in [4.69, 9.17) is 4.74 Å². The van der Waals surface area contributed by atoms with Crippen molar-refractivity contribution in [3.05, 3.63) is 102 Å². The quantitative estimate of drug-likeness (QED) is 0.421. The highest BCUT2D eigenvalue weighted by atomic mass is 16.5. The zero-order valence-electron chi connectivity index (χ0n) is 17.1. The zero-order chi connectivity index (χ0) is 20.9. The zero-order valence-corrected chi connectivity index (χ0v) is 17.1. The van der Waals surface area contributed by atoms with Gasteiger partial charge >= 0.3 is 0 Å². The largest absolute Gasteiger partial charge is 0.488 e. The van der Waals surface area contributed by atoms with E-state index < -0.39 is 0 Å². The Kier molecular flexibility index (Phi) is 5.70. The molecule has 2 aromatic carbocycles. The Hall–Kier alpha value is -3.73. The van der Waals surface area contributed by atoms with Crippen LogP contribution in [0.15, 0.2) is 79.4 Å². The minimum Gasteiger partial charge on any atom is -0.488 e. The number of benzene rings is 2. The normalized spacial score (nSPS) is 10.7. The van der Waals surface area contributed by atoms with Crippen molar-refractivity contribution in [3.63, 3.8) is 0 Å². The molecule has 0 atom stereocenters. The third-order valence-electron chi connectivity index (χ3n) is 4.97. The Morgan fingerprint density at radius 3 is 2.53 bits per heavy atom. The van der Waals surface area contributed by atoms with Gasteiger partial charge in [0.2, 0.25) is 0 Å². The second-order valence-corrected chi connectivity index (χ2v) is 7.30. The van der Waals surface area contributed by atoms with Crippen molar-refractivity contribution in [2.24, 2.45) is 7.05 Å². The fourth-order valence-corrected chi connectivity index (χ4v) is 3.42. The number of Topliss-reactive ketones (excluding diaryl/α,β-unsaturated/α-hetero) is 1. The smallest absolute Gasteiger partial charge is 0.171 e. The number of rotatable bonds is 7. The minimum absolute atomic E-state index is 0.00639. The molecule has 30 heavy (non-hydrogen) atoms. The van der Waals surface area contributed by atoms with E-state index in [0.29, 0.717) is 17.9 Å². The Morgan fingerprint density at radius 2 is 1.83 bits per heavy atom. The average molecular weight is 397 g/mol. The molecule has 5 nitrogen and oxygen atoms in total. The molecule has 0 N–H and O–H groups in total. The molecule has 2 aromatic heterocycles. The molecule has 4 aromatic rings. The minimum atomic E-state index is 0.00639. The lowest BCUT2D eigenvalue weighted by molar-refractivity contribution is 0.0988. The van der Waals surface area contributed by atoms with Gasteiger partial charge in [-0.15, -0.1) is 0 Å². The number of ketones is 1. The van der Waals surface area contributed by atoms with Gasteiger partial charge in [0.15, 0.2) is 5.78 Å². The Labute approximate surface area is 176 Å². The molecule has 0 spiro atoms. The summed E-state index contributed by atoms with van der Waals surface area (Å²) in [4.78, 5) is 17.2. The summed E-state index contributed by atoms with van der Waals surface area (Å²) in [6.45, 7) is 2.40. The molecule has 4 rings (SSSR count). The first-order valence-electron chi connectivity index (χ1n) is 9.82. The number of hydrogen-bond donors (Lipinski definition) is 0. The highest BCUT2D eigenvalue weighted by Gasteiger charge is 2.18. The molecule has 0 unspecified atom stereocenters. The van der Waals surface area contributed by atoms with Gasteiger partial charge in [-0.05, 0) is 47.4 Å². The summed E-state index contributed by atoms with van der Waals surface area (Å²) in [7, 11) is 1.89. The van der Waals surface area contributed by atoms with E-state index in [1.54, 1.807) is 17.1 Å². The van der Waals surface area contributed by atoms with E-state index >= 15 is 0 Å². The molecule has 150 valence electrons. The van der Waals surface area contributed by atoms with Gasteiger partial charge in [0.05, 0.1) is 11.8 Å². The summed E-state index contributed by atoms with van der Waals surface area (Å²) in [6.07, 6.45) is 7.48. The summed E-state index contributed by atoms with van der Waals surface area (Å²) in [5.74, 6) is 0.587. The molecule has 5 heteroatoms. The van der Waals surface area contributed by atoms with Crippen LogP contribution in [0.5, 0.6) is 5.75 Å². The number of aryl methyl sites for hydroxylation is 2.